The topological polar surface area (TPSA) is 23.5 Å². The summed E-state index contributed by atoms with van der Waals surface area (Å²) in [6, 6.07) is 29.7. The summed E-state index contributed by atoms with van der Waals surface area (Å²) in [4.78, 5) is 2.58. The number of benzene rings is 3. The normalized spacial score (nSPS) is 15.9. The van der Waals surface area contributed by atoms with Crippen molar-refractivity contribution < 1.29 is 5.11 Å². The van der Waals surface area contributed by atoms with Crippen LogP contribution in [0.15, 0.2) is 84.9 Å². The molecule has 0 unspecified atom stereocenters. The summed E-state index contributed by atoms with van der Waals surface area (Å²) in [5.41, 5.74) is 4.16. The molecular formula is C32H41NOS. The number of nitrogens with zero attached hydrogens (tertiary/aromatic N) is 1. The Balaban J connectivity index is 1.25. The van der Waals surface area contributed by atoms with Gasteiger partial charge in [0, 0.05) is 12.3 Å². The molecule has 3 aromatic carbocycles. The Labute approximate surface area is 216 Å². The van der Waals surface area contributed by atoms with Gasteiger partial charge in [0.25, 0.3) is 0 Å². The lowest BCUT2D eigenvalue weighted by Gasteiger charge is -2.42. The predicted molar refractivity (Wildman–Crippen MR) is 151 cm³/mol. The molecule has 1 saturated heterocycles. The quantitative estimate of drug-likeness (QED) is 0.332. The number of aryl methyl sites for hydroxylation is 1. The number of thioether (sulfide) groups is 1. The summed E-state index contributed by atoms with van der Waals surface area (Å²) in [5, 5.41) is 12.1. The van der Waals surface area contributed by atoms with Gasteiger partial charge in [-0.1, -0.05) is 106 Å². The lowest BCUT2D eigenvalue weighted by Crippen LogP contribution is -2.44. The van der Waals surface area contributed by atoms with Crippen molar-refractivity contribution >= 4 is 11.8 Å². The lowest BCUT2D eigenvalue weighted by atomic mass is 9.72. The summed E-state index contributed by atoms with van der Waals surface area (Å²) in [6.45, 7) is 10.1. The van der Waals surface area contributed by atoms with Crippen molar-refractivity contribution in [1.29, 1.82) is 0 Å². The second-order valence-electron chi connectivity index (χ2n) is 10.9. The number of hydrogen-bond donors (Lipinski definition) is 1. The highest BCUT2D eigenvalue weighted by atomic mass is 32.2. The first-order chi connectivity index (χ1) is 16.9. The van der Waals surface area contributed by atoms with Crippen LogP contribution in [0.25, 0.3) is 0 Å². The van der Waals surface area contributed by atoms with Crippen LogP contribution in [0, 0.1) is 5.92 Å². The molecule has 0 spiro atoms. The largest absolute Gasteiger partial charge is 0.380 e. The molecule has 0 aliphatic carbocycles. The highest BCUT2D eigenvalue weighted by Gasteiger charge is 2.41. The monoisotopic (exact) mass is 487 g/mol. The van der Waals surface area contributed by atoms with Gasteiger partial charge in [0.1, 0.15) is 5.60 Å². The molecule has 0 atom stereocenters. The zero-order valence-electron chi connectivity index (χ0n) is 21.6. The van der Waals surface area contributed by atoms with E-state index in [2.05, 4.69) is 86.0 Å². The number of aliphatic hydroxyl groups is 1. The third kappa shape index (κ3) is 6.58. The molecule has 0 saturated carbocycles. The average molecular weight is 488 g/mol. The van der Waals surface area contributed by atoms with E-state index >= 15 is 0 Å². The van der Waals surface area contributed by atoms with Gasteiger partial charge in [-0.25, -0.2) is 0 Å². The van der Waals surface area contributed by atoms with Crippen molar-refractivity contribution in [2.75, 3.05) is 31.1 Å². The number of piperidine rings is 1. The van der Waals surface area contributed by atoms with Crippen molar-refractivity contribution in [3.63, 3.8) is 0 Å². The first kappa shape index (κ1) is 26.0. The molecule has 186 valence electrons. The maximum absolute atomic E-state index is 12.1. The molecule has 0 aromatic heterocycles. The van der Waals surface area contributed by atoms with E-state index in [1.165, 1.54) is 22.6 Å². The number of likely N-dealkylation sites (tertiary alicyclic amines) is 1. The van der Waals surface area contributed by atoms with E-state index in [0.29, 0.717) is 0 Å². The van der Waals surface area contributed by atoms with Crippen molar-refractivity contribution in [3.05, 3.63) is 107 Å². The van der Waals surface area contributed by atoms with Crippen molar-refractivity contribution in [2.45, 2.75) is 51.0 Å². The maximum atomic E-state index is 12.1. The second-order valence-corrected chi connectivity index (χ2v) is 12.1. The van der Waals surface area contributed by atoms with E-state index in [1.54, 1.807) is 0 Å². The fourth-order valence-electron chi connectivity index (χ4n) is 5.25. The Morgan fingerprint density at radius 3 is 1.80 bits per heavy atom. The van der Waals surface area contributed by atoms with Crippen molar-refractivity contribution in [1.82, 2.24) is 4.90 Å². The molecule has 2 nitrogen and oxygen atoms in total. The van der Waals surface area contributed by atoms with E-state index in [-0.39, 0.29) is 11.3 Å². The SMILES string of the molecule is CC(C)(C)c1ccc(CCSCCN2CCC(C(O)(c3ccccc3)c3ccccc3)CC2)cc1. The van der Waals surface area contributed by atoms with Gasteiger partial charge in [-0.05, 0) is 71.7 Å². The number of rotatable bonds is 9. The molecule has 1 aliphatic heterocycles. The minimum Gasteiger partial charge on any atom is -0.380 e. The van der Waals surface area contributed by atoms with Crippen LogP contribution in [0.3, 0.4) is 0 Å². The fraction of sp³-hybridized carbons (Fsp3) is 0.438. The molecule has 0 bridgehead atoms. The molecular weight excluding hydrogens is 446 g/mol. The summed E-state index contributed by atoms with van der Waals surface area (Å²) in [7, 11) is 0. The summed E-state index contributed by atoms with van der Waals surface area (Å²) >= 11 is 2.06. The molecule has 35 heavy (non-hydrogen) atoms. The van der Waals surface area contributed by atoms with E-state index in [0.717, 1.165) is 50.0 Å². The smallest absolute Gasteiger partial charge is 0.117 e. The van der Waals surface area contributed by atoms with Crippen LogP contribution in [0.4, 0.5) is 0 Å². The van der Waals surface area contributed by atoms with Crippen molar-refractivity contribution in [3.8, 4) is 0 Å². The van der Waals surface area contributed by atoms with Crippen LogP contribution < -0.4 is 0 Å². The Morgan fingerprint density at radius 2 is 1.29 bits per heavy atom. The van der Waals surface area contributed by atoms with Gasteiger partial charge in [-0.15, -0.1) is 0 Å². The summed E-state index contributed by atoms with van der Waals surface area (Å²) < 4.78 is 0. The van der Waals surface area contributed by atoms with Gasteiger partial charge in [0.15, 0.2) is 0 Å². The molecule has 0 radical (unpaired) electrons. The Hall–Kier alpha value is -2.07. The van der Waals surface area contributed by atoms with Crippen LogP contribution in [0.5, 0.6) is 0 Å². The zero-order valence-corrected chi connectivity index (χ0v) is 22.4. The average Bonchev–Trinajstić information content (AvgIpc) is 2.89. The Morgan fingerprint density at radius 1 is 0.743 bits per heavy atom. The third-order valence-corrected chi connectivity index (χ3v) is 8.48. The van der Waals surface area contributed by atoms with Crippen LogP contribution in [-0.4, -0.2) is 41.1 Å². The third-order valence-electron chi connectivity index (χ3n) is 7.51. The highest BCUT2D eigenvalue weighted by molar-refractivity contribution is 7.99. The Bertz CT molecular complexity index is 979. The minimum atomic E-state index is -0.925. The number of hydrogen-bond acceptors (Lipinski definition) is 3. The minimum absolute atomic E-state index is 0.221. The first-order valence-corrected chi connectivity index (χ1v) is 14.3. The molecule has 3 heteroatoms. The standard InChI is InChI=1S/C32H41NOS/c1-31(2,3)27-16-14-26(15-17-27)20-24-35-25-23-33-21-18-30(19-22-33)32(34,28-10-6-4-7-11-28)29-12-8-5-9-13-29/h4-17,30,34H,18-25H2,1-3H3. The molecule has 1 heterocycles. The lowest BCUT2D eigenvalue weighted by molar-refractivity contribution is -0.0133. The predicted octanol–water partition coefficient (Wildman–Crippen LogP) is 6.91. The van der Waals surface area contributed by atoms with Gasteiger partial charge in [-0.2, -0.15) is 11.8 Å². The van der Waals surface area contributed by atoms with E-state index in [9.17, 15) is 5.11 Å². The fourth-order valence-corrected chi connectivity index (χ4v) is 6.23. The van der Waals surface area contributed by atoms with Gasteiger partial charge in [0.05, 0.1) is 0 Å². The molecule has 0 amide bonds. The molecule has 3 aromatic rings. The van der Waals surface area contributed by atoms with E-state index < -0.39 is 5.60 Å². The van der Waals surface area contributed by atoms with Crippen LogP contribution >= 0.6 is 11.8 Å². The van der Waals surface area contributed by atoms with Crippen molar-refractivity contribution in [2.24, 2.45) is 5.92 Å². The van der Waals surface area contributed by atoms with Crippen LogP contribution in [-0.2, 0) is 17.4 Å². The molecule has 1 aliphatic rings. The Kier molecular flexibility index (Phi) is 8.75. The van der Waals surface area contributed by atoms with Gasteiger partial charge in [0.2, 0.25) is 0 Å². The van der Waals surface area contributed by atoms with Gasteiger partial charge < -0.3 is 10.0 Å². The van der Waals surface area contributed by atoms with Crippen LogP contribution in [0.2, 0.25) is 0 Å². The van der Waals surface area contributed by atoms with Gasteiger partial charge >= 0.3 is 0 Å². The zero-order chi connectivity index (χ0) is 24.7. The maximum Gasteiger partial charge on any atom is 0.117 e. The van der Waals surface area contributed by atoms with Gasteiger partial charge in [-0.3, -0.25) is 0 Å². The molecule has 1 fully saturated rings. The summed E-state index contributed by atoms with van der Waals surface area (Å²) in [5.74, 6) is 2.58. The molecule has 4 rings (SSSR count). The van der Waals surface area contributed by atoms with Crippen LogP contribution in [0.1, 0.15) is 55.9 Å². The molecule has 1 N–H and O–H groups in total. The van der Waals surface area contributed by atoms with E-state index in [4.69, 9.17) is 0 Å². The highest BCUT2D eigenvalue weighted by Crippen LogP contribution is 2.41. The van der Waals surface area contributed by atoms with E-state index in [1.807, 2.05) is 36.4 Å². The second kappa shape index (κ2) is 11.8. The summed E-state index contributed by atoms with van der Waals surface area (Å²) in [6.07, 6.45) is 3.18. The first-order valence-electron chi connectivity index (χ1n) is 13.1.